The van der Waals surface area contributed by atoms with Crippen molar-refractivity contribution < 1.29 is 0 Å². The van der Waals surface area contributed by atoms with Gasteiger partial charge in [0, 0.05) is 27.1 Å². The summed E-state index contributed by atoms with van der Waals surface area (Å²) in [6.45, 7) is 2.21. The highest BCUT2D eigenvalue weighted by atomic mass is 15.1. The lowest BCUT2D eigenvalue weighted by Gasteiger charge is -2.22. The zero-order chi connectivity index (χ0) is 31.5. The van der Waals surface area contributed by atoms with Gasteiger partial charge in [-0.1, -0.05) is 110 Å². The summed E-state index contributed by atoms with van der Waals surface area (Å²) in [4.78, 5) is 5.49. The van der Waals surface area contributed by atoms with Gasteiger partial charge in [0.1, 0.15) is 11.6 Å². The van der Waals surface area contributed by atoms with Crippen molar-refractivity contribution >= 4 is 49.2 Å². The van der Waals surface area contributed by atoms with Gasteiger partial charge < -0.3 is 0 Å². The molecule has 8 aromatic rings. The monoisotopic (exact) mass is 602 g/mol. The maximum absolute atomic E-state index is 9.58. The van der Waals surface area contributed by atoms with E-state index in [9.17, 15) is 5.26 Å². The third-order valence-corrected chi connectivity index (χ3v) is 9.63. The third-order valence-electron chi connectivity index (χ3n) is 9.63. The van der Waals surface area contributed by atoms with E-state index in [0.29, 0.717) is 0 Å². The fourth-order valence-electron chi connectivity index (χ4n) is 7.51. The number of hydrogen-bond acceptors (Lipinski definition) is 2. The maximum atomic E-state index is 9.58. The number of para-hydroxylation sites is 4. The van der Waals surface area contributed by atoms with Gasteiger partial charge in [-0.3, -0.25) is 9.13 Å². The molecule has 4 nitrogen and oxygen atoms in total. The minimum atomic E-state index is 0.228. The zero-order valence-electron chi connectivity index (χ0n) is 25.9. The molecule has 1 unspecified atom stereocenters. The summed E-state index contributed by atoms with van der Waals surface area (Å²) < 4.78 is 4.61. The quantitative estimate of drug-likeness (QED) is 0.201. The Balaban J connectivity index is 1.38. The molecule has 0 amide bonds. The first-order chi connectivity index (χ1) is 23.2. The van der Waals surface area contributed by atoms with Crippen molar-refractivity contribution in [3.8, 4) is 28.8 Å². The van der Waals surface area contributed by atoms with Crippen LogP contribution in [-0.2, 0) is 0 Å². The Morgan fingerprint density at radius 2 is 1.00 bits per heavy atom. The summed E-state index contributed by atoms with van der Waals surface area (Å²) in [5.74, 6) is 1.96. The van der Waals surface area contributed by atoms with E-state index in [-0.39, 0.29) is 5.92 Å². The average molecular weight is 603 g/mol. The van der Waals surface area contributed by atoms with Gasteiger partial charge in [-0.15, -0.1) is 0 Å². The second-order valence-corrected chi connectivity index (χ2v) is 12.4. The molecule has 0 spiro atoms. The van der Waals surface area contributed by atoms with Crippen molar-refractivity contribution in [3.05, 3.63) is 157 Å². The van der Waals surface area contributed by atoms with Crippen molar-refractivity contribution in [3.63, 3.8) is 0 Å². The molecule has 0 fully saturated rings. The van der Waals surface area contributed by atoms with Gasteiger partial charge in [0.2, 0.25) is 0 Å². The lowest BCUT2D eigenvalue weighted by atomic mass is 9.82. The van der Waals surface area contributed by atoms with E-state index in [1.54, 1.807) is 0 Å². The molecule has 9 rings (SSSR count). The Morgan fingerprint density at radius 1 is 0.574 bits per heavy atom. The lowest BCUT2D eigenvalue weighted by molar-refractivity contribution is 0.741. The summed E-state index contributed by atoms with van der Waals surface area (Å²) in [5.41, 5.74) is 9.97. The first-order valence-corrected chi connectivity index (χ1v) is 16.1. The van der Waals surface area contributed by atoms with Crippen LogP contribution in [0.2, 0.25) is 0 Å². The van der Waals surface area contributed by atoms with E-state index < -0.39 is 0 Å². The molecule has 0 saturated carbocycles. The molecule has 1 aliphatic carbocycles. The zero-order valence-corrected chi connectivity index (χ0v) is 25.9. The van der Waals surface area contributed by atoms with Crippen LogP contribution in [0.25, 0.3) is 71.9 Å². The Morgan fingerprint density at radius 3 is 1.45 bits per heavy atom. The van der Waals surface area contributed by atoms with E-state index in [2.05, 4.69) is 162 Å². The van der Waals surface area contributed by atoms with E-state index in [0.717, 1.165) is 56.8 Å². The smallest absolute Gasteiger partial charge is 0.140 e. The molecule has 0 saturated heterocycles. The summed E-state index contributed by atoms with van der Waals surface area (Å²) >= 11 is 0. The number of allylic oxidation sites excluding steroid dienone is 4. The van der Waals surface area contributed by atoms with E-state index >= 15 is 0 Å². The van der Waals surface area contributed by atoms with Crippen molar-refractivity contribution in [1.29, 1.82) is 5.26 Å². The molecule has 3 aromatic heterocycles. The van der Waals surface area contributed by atoms with Crippen LogP contribution in [0, 0.1) is 17.2 Å². The summed E-state index contributed by atoms with van der Waals surface area (Å²) in [7, 11) is 0. The van der Waals surface area contributed by atoms with Gasteiger partial charge in [-0.05, 0) is 77.1 Å². The van der Waals surface area contributed by atoms with Gasteiger partial charge in [-0.25, -0.2) is 4.98 Å². The highest BCUT2D eigenvalue weighted by Gasteiger charge is 2.22. The van der Waals surface area contributed by atoms with Gasteiger partial charge in [-0.2, -0.15) is 5.26 Å². The summed E-state index contributed by atoms with van der Waals surface area (Å²) in [5, 5.41) is 14.4. The Kier molecular flexibility index (Phi) is 6.19. The van der Waals surface area contributed by atoms with Crippen LogP contribution < -0.4 is 0 Å². The minimum absolute atomic E-state index is 0.228. The van der Waals surface area contributed by atoms with E-state index in [4.69, 9.17) is 4.98 Å². The van der Waals surface area contributed by atoms with Crippen LogP contribution in [0.1, 0.15) is 18.9 Å². The molecule has 0 bridgehead atoms. The first kappa shape index (κ1) is 27.2. The average Bonchev–Trinajstić information content (AvgIpc) is 3.65. The molecule has 222 valence electrons. The summed E-state index contributed by atoms with van der Waals surface area (Å²) in [6, 6.07) is 49.8. The van der Waals surface area contributed by atoms with Gasteiger partial charge in [0.15, 0.2) is 0 Å². The van der Waals surface area contributed by atoms with Gasteiger partial charge in [0.05, 0.1) is 28.1 Å². The second kappa shape index (κ2) is 10.7. The second-order valence-electron chi connectivity index (χ2n) is 12.4. The van der Waals surface area contributed by atoms with Gasteiger partial charge >= 0.3 is 0 Å². The normalized spacial score (nSPS) is 14.9. The highest BCUT2D eigenvalue weighted by molar-refractivity contribution is 6.10. The number of rotatable bonds is 4. The number of hydrogen-bond donors (Lipinski definition) is 0. The molecule has 0 aliphatic heterocycles. The van der Waals surface area contributed by atoms with E-state index in [1.165, 1.54) is 32.7 Å². The Bertz CT molecular complexity index is 2400. The van der Waals surface area contributed by atoms with Crippen molar-refractivity contribution in [1.82, 2.24) is 14.1 Å². The fourth-order valence-corrected chi connectivity index (χ4v) is 7.51. The molecule has 1 aliphatic rings. The van der Waals surface area contributed by atoms with Crippen LogP contribution in [0.5, 0.6) is 0 Å². The predicted molar refractivity (Wildman–Crippen MR) is 194 cm³/mol. The van der Waals surface area contributed by atoms with Crippen molar-refractivity contribution in [2.75, 3.05) is 0 Å². The largest absolute Gasteiger partial charge is 0.294 e. The topological polar surface area (TPSA) is 46.5 Å². The molecule has 47 heavy (non-hydrogen) atoms. The molecule has 4 heteroatoms. The first-order valence-electron chi connectivity index (χ1n) is 16.1. The van der Waals surface area contributed by atoms with Crippen LogP contribution in [0.15, 0.2) is 151 Å². The van der Waals surface area contributed by atoms with Crippen molar-refractivity contribution in [2.45, 2.75) is 13.3 Å². The molecule has 1 atom stereocenters. The number of pyridine rings is 1. The van der Waals surface area contributed by atoms with Crippen LogP contribution in [0.4, 0.5) is 0 Å². The number of benzene rings is 5. The standard InChI is InChI=1S/C43H30N4/c1-28-24-29(27-44)22-23-31(28)33-13-3-2-12-32(33)30-25-42(46-38-18-8-4-14-34(38)35-15-5-9-19-39(35)46)45-43(26-30)47-40-20-10-6-16-36(40)37-17-7-11-21-41(37)47/h2-23,25-26,28H,24H2,1H3. The van der Waals surface area contributed by atoms with Crippen molar-refractivity contribution in [2.24, 2.45) is 5.92 Å². The minimum Gasteiger partial charge on any atom is -0.294 e. The number of nitriles is 1. The number of aromatic nitrogens is 3. The molecule has 3 heterocycles. The van der Waals surface area contributed by atoms with E-state index in [1.807, 2.05) is 6.08 Å². The molecular formula is C43H30N4. The predicted octanol–water partition coefficient (Wildman–Crippen LogP) is 10.8. The SMILES string of the molecule is CC1CC(C#N)=CC=C1c1ccccc1-c1cc(-n2c3ccccc3c3ccccc32)nc(-n2c3ccccc3c3ccccc32)c1. The number of nitrogens with zero attached hydrogens (tertiary/aromatic N) is 4. The van der Waals surface area contributed by atoms with Crippen LogP contribution >= 0.6 is 0 Å². The highest BCUT2D eigenvalue weighted by Crippen LogP contribution is 2.40. The number of fused-ring (bicyclic) bond motifs is 6. The Hall–Kier alpha value is -6.18. The maximum Gasteiger partial charge on any atom is 0.140 e. The molecule has 0 radical (unpaired) electrons. The summed E-state index contributed by atoms with van der Waals surface area (Å²) in [6.07, 6.45) is 4.85. The van der Waals surface area contributed by atoms with Gasteiger partial charge in [0.25, 0.3) is 0 Å². The molecular weight excluding hydrogens is 573 g/mol. The molecule has 5 aromatic carbocycles. The Labute approximate surface area is 272 Å². The third kappa shape index (κ3) is 4.25. The van der Waals surface area contributed by atoms with Crippen LogP contribution in [0.3, 0.4) is 0 Å². The fraction of sp³-hybridized carbons (Fsp3) is 0.0698. The molecule has 0 N–H and O–H groups in total. The van der Waals surface area contributed by atoms with Crippen LogP contribution in [-0.4, -0.2) is 14.1 Å². The lowest BCUT2D eigenvalue weighted by Crippen LogP contribution is -2.07.